The maximum Gasteiger partial charge on any atom is 0.228 e. The Morgan fingerprint density at radius 1 is 1.10 bits per heavy atom. The summed E-state index contributed by atoms with van der Waals surface area (Å²) in [7, 11) is -3.49. The minimum absolute atomic E-state index is 0.0856. The second-order valence-electron chi connectivity index (χ2n) is 7.87. The minimum atomic E-state index is -3.49. The van der Waals surface area contributed by atoms with Gasteiger partial charge in [-0.3, -0.25) is 4.79 Å². The molecule has 1 fully saturated rings. The first-order chi connectivity index (χ1) is 14.4. The fraction of sp³-hybridized carbons (Fsp3) is 0.435. The van der Waals surface area contributed by atoms with Crippen LogP contribution in [-0.4, -0.2) is 31.7 Å². The summed E-state index contributed by atoms with van der Waals surface area (Å²) in [6.45, 7) is 2.83. The number of nitrogens with one attached hydrogen (secondary N) is 1. The van der Waals surface area contributed by atoms with Crippen LogP contribution in [0.2, 0.25) is 5.02 Å². The SMILES string of the molecule is CCCCc1ccc(NC(=O)[C@H]2CCCN(S(=O)(=O)Cc3ccc(Cl)cc3)C2)cc1. The Kier molecular flexibility index (Phi) is 7.92. The van der Waals surface area contributed by atoms with E-state index >= 15 is 0 Å². The largest absolute Gasteiger partial charge is 0.326 e. The van der Waals surface area contributed by atoms with Gasteiger partial charge in [0.15, 0.2) is 0 Å². The van der Waals surface area contributed by atoms with Gasteiger partial charge in [-0.1, -0.05) is 49.2 Å². The predicted octanol–water partition coefficient (Wildman–Crippen LogP) is 4.86. The molecule has 0 radical (unpaired) electrons. The standard InChI is InChI=1S/C23H29ClN2O3S/c1-2-3-5-18-9-13-22(14-10-18)25-23(27)20-6-4-15-26(16-20)30(28,29)17-19-7-11-21(24)12-8-19/h7-14,20H,2-6,15-17H2,1H3,(H,25,27)/t20-/m0/s1. The number of benzene rings is 2. The van der Waals surface area contributed by atoms with E-state index in [0.717, 1.165) is 24.9 Å². The number of sulfonamides is 1. The van der Waals surface area contributed by atoms with Gasteiger partial charge in [0.2, 0.25) is 15.9 Å². The van der Waals surface area contributed by atoms with Crippen LogP contribution in [0.15, 0.2) is 48.5 Å². The van der Waals surface area contributed by atoms with Crippen molar-refractivity contribution in [2.45, 2.75) is 44.8 Å². The lowest BCUT2D eigenvalue weighted by Gasteiger charge is -2.31. The average molecular weight is 449 g/mol. The van der Waals surface area contributed by atoms with E-state index in [1.807, 2.05) is 24.3 Å². The first-order valence-electron chi connectivity index (χ1n) is 10.5. The fourth-order valence-corrected chi connectivity index (χ4v) is 5.41. The van der Waals surface area contributed by atoms with Gasteiger partial charge in [-0.2, -0.15) is 0 Å². The molecule has 1 amide bonds. The first-order valence-corrected chi connectivity index (χ1v) is 12.5. The minimum Gasteiger partial charge on any atom is -0.326 e. The Hall–Kier alpha value is -1.89. The average Bonchev–Trinajstić information content (AvgIpc) is 2.75. The molecule has 5 nitrogen and oxygen atoms in total. The summed E-state index contributed by atoms with van der Waals surface area (Å²) in [6.07, 6.45) is 4.70. The number of amides is 1. The predicted molar refractivity (Wildman–Crippen MR) is 122 cm³/mol. The van der Waals surface area contributed by atoms with Gasteiger partial charge in [-0.25, -0.2) is 12.7 Å². The second-order valence-corrected chi connectivity index (χ2v) is 10.3. The lowest BCUT2D eigenvalue weighted by Crippen LogP contribution is -2.44. The Balaban J connectivity index is 1.59. The number of unbranched alkanes of at least 4 members (excludes halogenated alkanes) is 1. The molecule has 0 aromatic heterocycles. The third kappa shape index (κ3) is 6.30. The Morgan fingerprint density at radius 3 is 2.43 bits per heavy atom. The van der Waals surface area contributed by atoms with E-state index in [2.05, 4.69) is 12.2 Å². The van der Waals surface area contributed by atoms with E-state index in [4.69, 9.17) is 11.6 Å². The summed E-state index contributed by atoms with van der Waals surface area (Å²) in [5, 5.41) is 3.52. The molecule has 1 atom stereocenters. The van der Waals surface area contributed by atoms with Crippen LogP contribution in [0.1, 0.15) is 43.7 Å². The highest BCUT2D eigenvalue weighted by Gasteiger charge is 2.32. The fourth-order valence-electron chi connectivity index (χ4n) is 3.67. The summed E-state index contributed by atoms with van der Waals surface area (Å²) >= 11 is 5.88. The molecule has 1 saturated heterocycles. The highest BCUT2D eigenvalue weighted by Crippen LogP contribution is 2.23. The Bertz CT molecular complexity index is 943. The van der Waals surface area contributed by atoms with E-state index < -0.39 is 10.0 Å². The van der Waals surface area contributed by atoms with E-state index in [-0.39, 0.29) is 24.1 Å². The number of carbonyl (C=O) groups is 1. The molecule has 1 aliphatic heterocycles. The molecule has 1 aliphatic rings. The molecule has 30 heavy (non-hydrogen) atoms. The van der Waals surface area contributed by atoms with Crippen molar-refractivity contribution in [2.75, 3.05) is 18.4 Å². The zero-order valence-electron chi connectivity index (χ0n) is 17.3. The third-order valence-electron chi connectivity index (χ3n) is 5.45. The number of aryl methyl sites for hydroxylation is 1. The molecule has 162 valence electrons. The van der Waals surface area contributed by atoms with Gasteiger partial charge in [0, 0.05) is 23.8 Å². The number of carbonyl (C=O) groups excluding carboxylic acids is 1. The van der Waals surface area contributed by atoms with Crippen molar-refractivity contribution in [1.82, 2.24) is 4.31 Å². The van der Waals surface area contributed by atoms with Crippen LogP contribution in [0.4, 0.5) is 5.69 Å². The van der Waals surface area contributed by atoms with E-state index in [1.165, 1.54) is 9.87 Å². The lowest BCUT2D eigenvalue weighted by molar-refractivity contribution is -0.120. The molecule has 7 heteroatoms. The molecular formula is C23H29ClN2O3S. The smallest absolute Gasteiger partial charge is 0.228 e. The van der Waals surface area contributed by atoms with Crippen LogP contribution >= 0.6 is 11.6 Å². The topological polar surface area (TPSA) is 66.5 Å². The summed E-state index contributed by atoms with van der Waals surface area (Å²) in [5.41, 5.74) is 2.70. The molecule has 0 aliphatic carbocycles. The van der Waals surface area contributed by atoms with Gasteiger partial charge < -0.3 is 5.32 Å². The highest BCUT2D eigenvalue weighted by molar-refractivity contribution is 7.88. The van der Waals surface area contributed by atoms with E-state index in [1.54, 1.807) is 24.3 Å². The molecule has 0 saturated carbocycles. The number of hydrogen-bond acceptors (Lipinski definition) is 3. The van der Waals surface area contributed by atoms with Crippen LogP contribution in [-0.2, 0) is 27.0 Å². The van der Waals surface area contributed by atoms with Gasteiger partial charge in [0.25, 0.3) is 0 Å². The number of halogens is 1. The molecule has 0 spiro atoms. The van der Waals surface area contributed by atoms with Crippen LogP contribution < -0.4 is 5.32 Å². The monoisotopic (exact) mass is 448 g/mol. The molecule has 1 heterocycles. The maximum atomic E-state index is 12.9. The molecule has 0 unspecified atom stereocenters. The Morgan fingerprint density at radius 2 is 1.77 bits per heavy atom. The number of rotatable bonds is 8. The van der Waals surface area contributed by atoms with Gasteiger partial charge in [-0.05, 0) is 61.1 Å². The van der Waals surface area contributed by atoms with Gasteiger partial charge in [0.1, 0.15) is 0 Å². The lowest BCUT2D eigenvalue weighted by atomic mass is 9.98. The molecule has 0 bridgehead atoms. The second kappa shape index (κ2) is 10.4. The van der Waals surface area contributed by atoms with Crippen molar-refractivity contribution in [1.29, 1.82) is 0 Å². The van der Waals surface area contributed by atoms with Crippen molar-refractivity contribution in [3.8, 4) is 0 Å². The molecule has 1 N–H and O–H groups in total. The molecular weight excluding hydrogens is 420 g/mol. The summed E-state index contributed by atoms with van der Waals surface area (Å²) in [6, 6.07) is 14.7. The van der Waals surface area contributed by atoms with Gasteiger partial charge >= 0.3 is 0 Å². The Labute approximate surface area is 184 Å². The normalized spacial score (nSPS) is 17.6. The van der Waals surface area contributed by atoms with E-state index in [0.29, 0.717) is 30.0 Å². The van der Waals surface area contributed by atoms with Crippen LogP contribution in [0.3, 0.4) is 0 Å². The summed E-state index contributed by atoms with van der Waals surface area (Å²) in [5.74, 6) is -0.557. The number of hydrogen-bond donors (Lipinski definition) is 1. The molecule has 2 aromatic rings. The van der Waals surface area contributed by atoms with Crippen molar-refractivity contribution >= 4 is 33.2 Å². The van der Waals surface area contributed by atoms with Gasteiger partial charge in [0.05, 0.1) is 11.7 Å². The van der Waals surface area contributed by atoms with E-state index in [9.17, 15) is 13.2 Å². The maximum absolute atomic E-state index is 12.9. The quantitative estimate of drug-likeness (QED) is 0.626. The van der Waals surface area contributed by atoms with Crippen molar-refractivity contribution < 1.29 is 13.2 Å². The third-order valence-corrected chi connectivity index (χ3v) is 7.52. The van der Waals surface area contributed by atoms with Crippen LogP contribution in [0.5, 0.6) is 0 Å². The van der Waals surface area contributed by atoms with Crippen molar-refractivity contribution in [3.05, 3.63) is 64.7 Å². The molecule has 3 rings (SSSR count). The number of piperidine rings is 1. The first kappa shape index (κ1) is 22.8. The van der Waals surface area contributed by atoms with Crippen molar-refractivity contribution in [2.24, 2.45) is 5.92 Å². The number of anilines is 1. The highest BCUT2D eigenvalue weighted by atomic mass is 35.5. The van der Waals surface area contributed by atoms with Gasteiger partial charge in [-0.15, -0.1) is 0 Å². The van der Waals surface area contributed by atoms with Crippen LogP contribution in [0, 0.1) is 5.92 Å². The van der Waals surface area contributed by atoms with Crippen molar-refractivity contribution in [3.63, 3.8) is 0 Å². The van der Waals surface area contributed by atoms with Crippen LogP contribution in [0.25, 0.3) is 0 Å². The zero-order chi connectivity index (χ0) is 21.6. The number of nitrogens with zero attached hydrogens (tertiary/aromatic N) is 1. The molecule has 2 aromatic carbocycles. The zero-order valence-corrected chi connectivity index (χ0v) is 18.9. The summed E-state index contributed by atoms with van der Waals surface area (Å²) < 4.78 is 27.2. The summed E-state index contributed by atoms with van der Waals surface area (Å²) in [4.78, 5) is 12.7.